The van der Waals surface area contributed by atoms with Gasteiger partial charge in [0, 0.05) is 34.4 Å². The van der Waals surface area contributed by atoms with Crippen LogP contribution in [0.4, 0.5) is 5.13 Å². The summed E-state index contributed by atoms with van der Waals surface area (Å²) >= 11 is 1.59. The molecule has 1 saturated carbocycles. The molecule has 2 heterocycles. The van der Waals surface area contributed by atoms with Crippen LogP contribution in [-0.4, -0.2) is 28.7 Å². The summed E-state index contributed by atoms with van der Waals surface area (Å²) in [5, 5.41) is 6.36. The maximum atomic E-state index is 12.3. The van der Waals surface area contributed by atoms with Gasteiger partial charge in [0.15, 0.2) is 5.13 Å². The standard InChI is InChI=1S/C17H23N3O2S/c1-9(2)20-10(3)14(15(11(20)4)16(21)22-5)13-8-23-17(19-13)18-12-6-7-12/h8-9,12H,6-7H2,1-5H3,(H,18,19). The second-order valence-corrected chi connectivity index (χ2v) is 7.19. The average molecular weight is 333 g/mol. The largest absolute Gasteiger partial charge is 0.465 e. The van der Waals surface area contributed by atoms with E-state index in [2.05, 4.69) is 23.7 Å². The molecule has 5 nitrogen and oxygen atoms in total. The van der Waals surface area contributed by atoms with E-state index >= 15 is 0 Å². The Hall–Kier alpha value is -1.82. The zero-order valence-corrected chi connectivity index (χ0v) is 15.1. The molecule has 6 heteroatoms. The maximum Gasteiger partial charge on any atom is 0.340 e. The van der Waals surface area contributed by atoms with Crippen LogP contribution in [0.2, 0.25) is 0 Å². The number of anilines is 1. The van der Waals surface area contributed by atoms with Crippen molar-refractivity contribution in [3.05, 3.63) is 22.3 Å². The molecule has 0 aliphatic heterocycles. The summed E-state index contributed by atoms with van der Waals surface area (Å²) in [4.78, 5) is 17.0. The van der Waals surface area contributed by atoms with Gasteiger partial charge in [0.25, 0.3) is 0 Å². The number of thiazole rings is 1. The predicted molar refractivity (Wildman–Crippen MR) is 93.4 cm³/mol. The fourth-order valence-electron chi connectivity index (χ4n) is 3.15. The molecular weight excluding hydrogens is 310 g/mol. The molecule has 2 aromatic heterocycles. The lowest BCUT2D eigenvalue weighted by Crippen LogP contribution is -2.07. The first-order chi connectivity index (χ1) is 10.9. The van der Waals surface area contributed by atoms with Crippen molar-refractivity contribution in [2.75, 3.05) is 12.4 Å². The van der Waals surface area contributed by atoms with Crippen molar-refractivity contribution in [3.63, 3.8) is 0 Å². The summed E-state index contributed by atoms with van der Waals surface area (Å²) < 4.78 is 7.19. The Morgan fingerprint density at radius 3 is 2.65 bits per heavy atom. The van der Waals surface area contributed by atoms with Gasteiger partial charge in [0.1, 0.15) is 0 Å². The van der Waals surface area contributed by atoms with Crippen LogP contribution in [0.5, 0.6) is 0 Å². The number of aromatic nitrogens is 2. The molecule has 1 fully saturated rings. The normalized spacial score (nSPS) is 14.3. The number of carbonyl (C=O) groups excluding carboxylic acids is 1. The van der Waals surface area contributed by atoms with E-state index in [-0.39, 0.29) is 12.0 Å². The third-order valence-corrected chi connectivity index (χ3v) is 5.04. The highest BCUT2D eigenvalue weighted by molar-refractivity contribution is 7.14. The molecule has 0 unspecified atom stereocenters. The number of carbonyl (C=O) groups is 1. The number of nitrogens with one attached hydrogen (secondary N) is 1. The Morgan fingerprint density at radius 1 is 1.39 bits per heavy atom. The number of hydrogen-bond donors (Lipinski definition) is 1. The summed E-state index contributed by atoms with van der Waals surface area (Å²) in [6.07, 6.45) is 2.42. The van der Waals surface area contributed by atoms with Gasteiger partial charge in [0.05, 0.1) is 18.4 Å². The fraction of sp³-hybridized carbons (Fsp3) is 0.529. The minimum atomic E-state index is -0.301. The number of hydrogen-bond acceptors (Lipinski definition) is 5. The van der Waals surface area contributed by atoms with Crippen LogP contribution in [0.25, 0.3) is 11.3 Å². The number of nitrogens with zero attached hydrogens (tertiary/aromatic N) is 2. The van der Waals surface area contributed by atoms with Crippen LogP contribution < -0.4 is 5.32 Å². The topological polar surface area (TPSA) is 56.1 Å². The van der Waals surface area contributed by atoms with E-state index < -0.39 is 0 Å². The van der Waals surface area contributed by atoms with Crippen LogP contribution in [0, 0.1) is 13.8 Å². The van der Waals surface area contributed by atoms with E-state index in [0.717, 1.165) is 27.8 Å². The summed E-state index contributed by atoms with van der Waals surface area (Å²) in [6, 6.07) is 0.840. The zero-order valence-electron chi connectivity index (χ0n) is 14.3. The third-order valence-electron chi connectivity index (χ3n) is 4.27. The molecular formula is C17H23N3O2S. The summed E-state index contributed by atoms with van der Waals surface area (Å²) in [5.41, 5.74) is 4.36. The number of esters is 1. The lowest BCUT2D eigenvalue weighted by Gasteiger charge is -2.13. The van der Waals surface area contributed by atoms with Crippen LogP contribution in [0.3, 0.4) is 0 Å². The Balaban J connectivity index is 2.10. The minimum absolute atomic E-state index is 0.273. The van der Waals surface area contributed by atoms with Crippen molar-refractivity contribution < 1.29 is 9.53 Å². The van der Waals surface area contributed by atoms with Crippen molar-refractivity contribution in [2.45, 2.75) is 52.6 Å². The smallest absolute Gasteiger partial charge is 0.340 e. The van der Waals surface area contributed by atoms with Gasteiger partial charge in [0.2, 0.25) is 0 Å². The van der Waals surface area contributed by atoms with Crippen molar-refractivity contribution in [2.24, 2.45) is 0 Å². The number of rotatable bonds is 5. The number of methoxy groups -OCH3 is 1. The summed E-state index contributed by atoms with van der Waals surface area (Å²) in [5.74, 6) is -0.301. The van der Waals surface area contributed by atoms with E-state index in [0.29, 0.717) is 11.6 Å². The van der Waals surface area contributed by atoms with E-state index in [4.69, 9.17) is 9.72 Å². The lowest BCUT2D eigenvalue weighted by molar-refractivity contribution is 0.0600. The molecule has 23 heavy (non-hydrogen) atoms. The molecule has 1 N–H and O–H groups in total. The van der Waals surface area contributed by atoms with Crippen molar-refractivity contribution in [1.82, 2.24) is 9.55 Å². The highest BCUT2D eigenvalue weighted by Crippen LogP contribution is 2.37. The van der Waals surface area contributed by atoms with E-state index in [1.165, 1.54) is 20.0 Å². The van der Waals surface area contributed by atoms with Gasteiger partial charge in [-0.3, -0.25) is 0 Å². The molecule has 1 aliphatic rings. The fourth-order valence-corrected chi connectivity index (χ4v) is 3.93. The van der Waals surface area contributed by atoms with Crippen molar-refractivity contribution in [1.29, 1.82) is 0 Å². The van der Waals surface area contributed by atoms with Gasteiger partial charge in [-0.1, -0.05) is 0 Å². The lowest BCUT2D eigenvalue weighted by atomic mass is 10.1. The Bertz CT molecular complexity index is 741. The Labute approximate surface area is 140 Å². The van der Waals surface area contributed by atoms with Gasteiger partial charge in [-0.2, -0.15) is 0 Å². The summed E-state index contributed by atoms with van der Waals surface area (Å²) in [7, 11) is 1.43. The van der Waals surface area contributed by atoms with Gasteiger partial charge in [-0.25, -0.2) is 9.78 Å². The van der Waals surface area contributed by atoms with Crippen LogP contribution in [-0.2, 0) is 4.74 Å². The van der Waals surface area contributed by atoms with E-state index in [9.17, 15) is 4.79 Å². The molecule has 1 aliphatic carbocycles. The van der Waals surface area contributed by atoms with Gasteiger partial charge in [-0.05, 0) is 40.5 Å². The molecule has 0 bridgehead atoms. The highest BCUT2D eigenvalue weighted by atomic mass is 32.1. The zero-order chi connectivity index (χ0) is 16.7. The third kappa shape index (κ3) is 2.87. The first-order valence-corrected chi connectivity index (χ1v) is 8.84. The van der Waals surface area contributed by atoms with Crippen LogP contribution in [0.15, 0.2) is 5.38 Å². The van der Waals surface area contributed by atoms with Crippen LogP contribution in [0.1, 0.15) is 54.5 Å². The van der Waals surface area contributed by atoms with Crippen molar-refractivity contribution >= 4 is 22.4 Å². The molecule has 0 atom stereocenters. The molecule has 0 aromatic carbocycles. The molecule has 0 radical (unpaired) electrons. The predicted octanol–water partition coefficient (Wildman–Crippen LogP) is 4.17. The quantitative estimate of drug-likeness (QED) is 0.834. The molecule has 124 valence electrons. The molecule has 0 saturated heterocycles. The molecule has 3 rings (SSSR count). The van der Waals surface area contributed by atoms with Crippen LogP contribution >= 0.6 is 11.3 Å². The first-order valence-electron chi connectivity index (χ1n) is 7.96. The highest BCUT2D eigenvalue weighted by Gasteiger charge is 2.28. The van der Waals surface area contributed by atoms with E-state index in [1.54, 1.807) is 11.3 Å². The Morgan fingerprint density at radius 2 is 2.09 bits per heavy atom. The van der Waals surface area contributed by atoms with Gasteiger partial charge < -0.3 is 14.6 Å². The second kappa shape index (κ2) is 6.00. The monoisotopic (exact) mass is 333 g/mol. The summed E-state index contributed by atoms with van der Waals surface area (Å²) in [6.45, 7) is 8.25. The van der Waals surface area contributed by atoms with Crippen molar-refractivity contribution in [3.8, 4) is 11.3 Å². The maximum absolute atomic E-state index is 12.3. The van der Waals surface area contributed by atoms with Gasteiger partial charge >= 0.3 is 5.97 Å². The Kier molecular flexibility index (Phi) is 4.19. The molecule has 2 aromatic rings. The SMILES string of the molecule is COC(=O)c1c(-c2csc(NC3CC3)n2)c(C)n(C(C)C)c1C. The minimum Gasteiger partial charge on any atom is -0.465 e. The molecule has 0 amide bonds. The second-order valence-electron chi connectivity index (χ2n) is 6.33. The first kappa shape index (κ1) is 16.1. The van der Waals surface area contributed by atoms with E-state index in [1.807, 2.05) is 19.2 Å². The average Bonchev–Trinajstić information content (AvgIpc) is 3.11. The molecule has 0 spiro atoms. The van der Waals surface area contributed by atoms with Gasteiger partial charge in [-0.15, -0.1) is 11.3 Å². The number of ether oxygens (including phenoxy) is 1.